The minimum atomic E-state index is -0.640. The fourth-order valence-corrected chi connectivity index (χ4v) is 2.29. The van der Waals surface area contributed by atoms with Gasteiger partial charge < -0.3 is 16.4 Å². The molecular weight excluding hydrogens is 270 g/mol. The maximum Gasteiger partial charge on any atom is 0.250 e. The Hall–Kier alpha value is -2.08. The molecule has 1 saturated heterocycles. The van der Waals surface area contributed by atoms with E-state index in [0.29, 0.717) is 5.69 Å². The molecule has 1 aliphatic rings. The molecule has 0 spiro atoms. The zero-order chi connectivity index (χ0) is 14.2. The summed E-state index contributed by atoms with van der Waals surface area (Å²) in [5.41, 5.74) is 11.0. The molecule has 0 aromatic heterocycles. The van der Waals surface area contributed by atoms with Crippen LogP contribution in [0.5, 0.6) is 0 Å². The van der Waals surface area contributed by atoms with Gasteiger partial charge in [0.05, 0.1) is 16.5 Å². The Morgan fingerprint density at radius 2 is 2.00 bits per heavy atom. The number of amides is 3. The van der Waals surface area contributed by atoms with Crippen LogP contribution in [-0.4, -0.2) is 24.3 Å². The van der Waals surface area contributed by atoms with Crippen LogP contribution >= 0.6 is 11.6 Å². The van der Waals surface area contributed by atoms with E-state index < -0.39 is 17.7 Å². The van der Waals surface area contributed by atoms with Crippen molar-refractivity contribution in [3.8, 4) is 0 Å². The Kier molecular flexibility index (Phi) is 3.44. The van der Waals surface area contributed by atoms with Crippen LogP contribution in [0.2, 0.25) is 5.02 Å². The van der Waals surface area contributed by atoms with E-state index in [1.54, 1.807) is 6.07 Å². The minimum absolute atomic E-state index is 0.0878. The van der Waals surface area contributed by atoms with Gasteiger partial charge in [0.25, 0.3) is 0 Å². The molecule has 6 nitrogen and oxygen atoms in total. The Morgan fingerprint density at radius 3 is 2.47 bits per heavy atom. The van der Waals surface area contributed by atoms with Gasteiger partial charge in [-0.2, -0.15) is 0 Å². The number of hydrogen-bond acceptors (Lipinski definition) is 3. The molecule has 1 aromatic rings. The van der Waals surface area contributed by atoms with E-state index in [9.17, 15) is 14.4 Å². The number of nitrogens with two attached hydrogens (primary N) is 2. The van der Waals surface area contributed by atoms with Crippen LogP contribution in [-0.2, 0) is 9.59 Å². The van der Waals surface area contributed by atoms with Crippen LogP contribution in [0.3, 0.4) is 0 Å². The van der Waals surface area contributed by atoms with Crippen molar-refractivity contribution < 1.29 is 14.4 Å². The third-order valence-electron chi connectivity index (χ3n) is 3.06. The fraction of sp³-hybridized carbons (Fsp3) is 0.250. The molecule has 3 amide bonds. The summed E-state index contributed by atoms with van der Waals surface area (Å²) in [6, 6.07) is 4.49. The summed E-state index contributed by atoms with van der Waals surface area (Å²) in [6.45, 7) is 0.223. The maximum absolute atomic E-state index is 11.8. The highest BCUT2D eigenvalue weighted by Gasteiger charge is 2.34. The molecule has 0 saturated carbocycles. The molecule has 1 fully saturated rings. The van der Waals surface area contributed by atoms with E-state index in [0.717, 1.165) is 0 Å². The van der Waals surface area contributed by atoms with Gasteiger partial charge in [-0.05, 0) is 18.2 Å². The predicted octanol–water partition coefficient (Wildman–Crippen LogP) is 0.277. The first kappa shape index (κ1) is 13.4. The van der Waals surface area contributed by atoms with E-state index in [-0.39, 0.29) is 29.5 Å². The number of benzene rings is 1. The van der Waals surface area contributed by atoms with E-state index in [1.807, 2.05) is 0 Å². The summed E-state index contributed by atoms with van der Waals surface area (Å²) in [5, 5.41) is 0.167. The lowest BCUT2D eigenvalue weighted by Crippen LogP contribution is -2.28. The Labute approximate surface area is 114 Å². The van der Waals surface area contributed by atoms with Crippen LogP contribution < -0.4 is 16.4 Å². The van der Waals surface area contributed by atoms with Crippen LogP contribution in [0, 0.1) is 5.92 Å². The second-order valence-corrected chi connectivity index (χ2v) is 4.74. The molecule has 100 valence electrons. The topological polar surface area (TPSA) is 106 Å². The minimum Gasteiger partial charge on any atom is -0.369 e. The van der Waals surface area contributed by atoms with E-state index in [4.69, 9.17) is 23.1 Å². The summed E-state index contributed by atoms with van der Waals surface area (Å²) in [4.78, 5) is 35.4. The average Bonchev–Trinajstić information content (AvgIpc) is 2.71. The summed E-state index contributed by atoms with van der Waals surface area (Å²) >= 11 is 5.92. The summed E-state index contributed by atoms with van der Waals surface area (Å²) in [6.07, 6.45) is 0.0878. The molecule has 0 radical (unpaired) electrons. The third-order valence-corrected chi connectivity index (χ3v) is 3.37. The smallest absolute Gasteiger partial charge is 0.250 e. The lowest BCUT2D eigenvalue weighted by molar-refractivity contribution is -0.123. The van der Waals surface area contributed by atoms with E-state index in [2.05, 4.69) is 0 Å². The molecule has 1 heterocycles. The lowest BCUT2D eigenvalue weighted by atomic mass is 10.1. The second-order valence-electron chi connectivity index (χ2n) is 4.34. The van der Waals surface area contributed by atoms with Gasteiger partial charge in [0, 0.05) is 18.7 Å². The van der Waals surface area contributed by atoms with Crippen LogP contribution in [0.25, 0.3) is 0 Å². The number of carbonyl (C=O) groups is 3. The van der Waals surface area contributed by atoms with Crippen molar-refractivity contribution in [2.24, 2.45) is 17.4 Å². The molecule has 0 bridgehead atoms. The third kappa shape index (κ3) is 2.53. The monoisotopic (exact) mass is 281 g/mol. The highest BCUT2D eigenvalue weighted by atomic mass is 35.5. The zero-order valence-corrected chi connectivity index (χ0v) is 10.7. The molecule has 4 N–H and O–H groups in total. The first-order valence-electron chi connectivity index (χ1n) is 5.59. The molecule has 7 heteroatoms. The van der Waals surface area contributed by atoms with Crippen molar-refractivity contribution in [3.63, 3.8) is 0 Å². The number of hydrogen-bond donors (Lipinski definition) is 2. The molecular formula is C12H12ClN3O3. The van der Waals surface area contributed by atoms with Gasteiger partial charge in [-0.1, -0.05) is 11.6 Å². The summed E-state index contributed by atoms with van der Waals surface area (Å²) in [5.74, 6) is -1.84. The first-order valence-corrected chi connectivity index (χ1v) is 5.97. The van der Waals surface area contributed by atoms with Crippen molar-refractivity contribution in [2.75, 3.05) is 11.4 Å². The largest absolute Gasteiger partial charge is 0.369 e. The average molecular weight is 282 g/mol. The molecule has 1 atom stereocenters. The van der Waals surface area contributed by atoms with Gasteiger partial charge in [-0.3, -0.25) is 14.4 Å². The Morgan fingerprint density at radius 1 is 1.32 bits per heavy atom. The van der Waals surface area contributed by atoms with Crippen LogP contribution in [0.15, 0.2) is 18.2 Å². The quantitative estimate of drug-likeness (QED) is 0.831. The van der Waals surface area contributed by atoms with Gasteiger partial charge in [0.1, 0.15) is 0 Å². The van der Waals surface area contributed by atoms with E-state index >= 15 is 0 Å². The van der Waals surface area contributed by atoms with Gasteiger partial charge in [0.2, 0.25) is 17.7 Å². The molecule has 19 heavy (non-hydrogen) atoms. The van der Waals surface area contributed by atoms with Gasteiger partial charge in [-0.15, -0.1) is 0 Å². The summed E-state index contributed by atoms with van der Waals surface area (Å²) in [7, 11) is 0. The van der Waals surface area contributed by atoms with Crippen LogP contribution in [0.4, 0.5) is 5.69 Å². The standard InChI is InChI=1S/C12H12ClN3O3/c13-9-4-7(1-2-8(9)12(15)19)16-5-6(11(14)18)3-10(16)17/h1-2,4,6H,3,5H2,(H2,14,18)(H2,15,19). The van der Waals surface area contributed by atoms with Crippen molar-refractivity contribution in [1.82, 2.24) is 0 Å². The first-order chi connectivity index (χ1) is 8.90. The van der Waals surface area contributed by atoms with Crippen molar-refractivity contribution in [2.45, 2.75) is 6.42 Å². The molecule has 2 rings (SSSR count). The predicted molar refractivity (Wildman–Crippen MR) is 69.6 cm³/mol. The lowest BCUT2D eigenvalue weighted by Gasteiger charge is -2.17. The number of carbonyl (C=O) groups excluding carboxylic acids is 3. The number of nitrogens with zero attached hydrogens (tertiary/aromatic N) is 1. The second kappa shape index (κ2) is 4.89. The van der Waals surface area contributed by atoms with Gasteiger partial charge >= 0.3 is 0 Å². The van der Waals surface area contributed by atoms with E-state index in [1.165, 1.54) is 17.0 Å². The number of anilines is 1. The van der Waals surface area contributed by atoms with Crippen molar-refractivity contribution in [3.05, 3.63) is 28.8 Å². The maximum atomic E-state index is 11.8. The molecule has 1 aliphatic heterocycles. The van der Waals surface area contributed by atoms with Crippen molar-refractivity contribution in [1.29, 1.82) is 0 Å². The molecule has 1 aromatic carbocycles. The SMILES string of the molecule is NC(=O)c1ccc(N2CC(C(N)=O)CC2=O)cc1Cl. The Balaban J connectivity index is 2.28. The number of rotatable bonds is 3. The Bertz CT molecular complexity index is 573. The highest BCUT2D eigenvalue weighted by molar-refractivity contribution is 6.34. The molecule has 0 aliphatic carbocycles. The van der Waals surface area contributed by atoms with Crippen molar-refractivity contribution >= 4 is 35.0 Å². The fourth-order valence-electron chi connectivity index (χ4n) is 2.02. The number of primary amides is 2. The highest BCUT2D eigenvalue weighted by Crippen LogP contribution is 2.28. The van der Waals surface area contributed by atoms with Crippen LogP contribution in [0.1, 0.15) is 16.8 Å². The van der Waals surface area contributed by atoms with Gasteiger partial charge in [-0.25, -0.2) is 0 Å². The normalized spacial score (nSPS) is 18.7. The zero-order valence-electron chi connectivity index (χ0n) is 9.93. The summed E-state index contributed by atoms with van der Waals surface area (Å²) < 4.78 is 0. The van der Waals surface area contributed by atoms with Gasteiger partial charge in [0.15, 0.2) is 0 Å². The number of halogens is 1. The molecule has 1 unspecified atom stereocenters.